The van der Waals surface area contributed by atoms with Crippen LogP contribution in [0.5, 0.6) is 5.75 Å². The van der Waals surface area contributed by atoms with Gasteiger partial charge in [0.15, 0.2) is 15.6 Å². The molecule has 0 saturated heterocycles. The fourth-order valence-electron chi connectivity index (χ4n) is 3.26. The highest BCUT2D eigenvalue weighted by atomic mass is 32.2. The SMILES string of the molecule is COc1ccc(C(C)=O)cc1CS(=O)(=O)CC(=O)N1CCc2ccccc21. The van der Waals surface area contributed by atoms with Gasteiger partial charge in [-0.05, 0) is 43.2 Å². The Balaban J connectivity index is 1.79. The lowest BCUT2D eigenvalue weighted by Gasteiger charge is -2.17. The van der Waals surface area contributed by atoms with Crippen LogP contribution in [0.2, 0.25) is 0 Å². The molecule has 0 radical (unpaired) electrons. The third-order valence-electron chi connectivity index (χ3n) is 4.59. The molecular weight excluding hydrogens is 366 g/mol. The molecule has 142 valence electrons. The Labute approximate surface area is 158 Å². The second-order valence-electron chi connectivity index (χ2n) is 6.54. The van der Waals surface area contributed by atoms with Crippen LogP contribution in [0.3, 0.4) is 0 Å². The number of ether oxygens (including phenoxy) is 1. The molecule has 3 rings (SSSR count). The van der Waals surface area contributed by atoms with Crippen molar-refractivity contribution in [2.45, 2.75) is 19.1 Å². The van der Waals surface area contributed by atoms with Gasteiger partial charge in [0.25, 0.3) is 0 Å². The Kier molecular flexibility index (Phi) is 5.32. The molecule has 0 N–H and O–H groups in total. The lowest BCUT2D eigenvalue weighted by Crippen LogP contribution is -2.34. The third kappa shape index (κ3) is 4.19. The number of benzene rings is 2. The van der Waals surface area contributed by atoms with Crippen LogP contribution in [0, 0.1) is 0 Å². The zero-order valence-corrected chi connectivity index (χ0v) is 16.1. The number of Topliss-reactive ketones (excluding diaryl/α,β-unsaturated/α-hetero) is 1. The normalized spacial score (nSPS) is 13.3. The Morgan fingerprint density at radius 3 is 2.59 bits per heavy atom. The first kappa shape index (κ1) is 19.1. The first-order chi connectivity index (χ1) is 12.8. The van der Waals surface area contributed by atoms with Gasteiger partial charge in [0.1, 0.15) is 11.5 Å². The van der Waals surface area contributed by atoms with Crippen molar-refractivity contribution >= 4 is 27.2 Å². The van der Waals surface area contributed by atoms with Crippen molar-refractivity contribution in [3.05, 3.63) is 59.2 Å². The van der Waals surface area contributed by atoms with E-state index in [1.807, 2.05) is 24.3 Å². The number of rotatable bonds is 6. The van der Waals surface area contributed by atoms with Gasteiger partial charge in [0.05, 0.1) is 12.9 Å². The fraction of sp³-hybridized carbons (Fsp3) is 0.300. The van der Waals surface area contributed by atoms with Crippen molar-refractivity contribution in [2.24, 2.45) is 0 Å². The molecule has 27 heavy (non-hydrogen) atoms. The number of nitrogens with zero attached hydrogens (tertiary/aromatic N) is 1. The third-order valence-corrected chi connectivity index (χ3v) is 6.03. The Hall–Kier alpha value is -2.67. The highest BCUT2D eigenvalue weighted by molar-refractivity contribution is 7.91. The first-order valence-corrected chi connectivity index (χ1v) is 10.4. The van der Waals surface area contributed by atoms with Crippen molar-refractivity contribution in [1.82, 2.24) is 0 Å². The van der Waals surface area contributed by atoms with Crippen molar-refractivity contribution in [2.75, 3.05) is 24.3 Å². The molecule has 0 aromatic heterocycles. The minimum Gasteiger partial charge on any atom is -0.496 e. The number of carbonyl (C=O) groups is 2. The largest absolute Gasteiger partial charge is 0.496 e. The van der Waals surface area contributed by atoms with Crippen LogP contribution in [0.1, 0.15) is 28.4 Å². The lowest BCUT2D eigenvalue weighted by atomic mass is 10.1. The summed E-state index contributed by atoms with van der Waals surface area (Å²) in [6.45, 7) is 1.89. The van der Waals surface area contributed by atoms with Gasteiger partial charge in [-0.15, -0.1) is 0 Å². The molecule has 0 fully saturated rings. The second-order valence-corrected chi connectivity index (χ2v) is 8.60. The predicted octanol–water partition coefficient (Wildman–Crippen LogP) is 2.40. The molecule has 1 aliphatic rings. The van der Waals surface area contributed by atoms with E-state index in [9.17, 15) is 18.0 Å². The van der Waals surface area contributed by atoms with Gasteiger partial charge < -0.3 is 9.64 Å². The van der Waals surface area contributed by atoms with Gasteiger partial charge in [0, 0.05) is 23.4 Å². The smallest absolute Gasteiger partial charge is 0.242 e. The number of hydrogen-bond acceptors (Lipinski definition) is 5. The van der Waals surface area contributed by atoms with Crippen molar-refractivity contribution in [3.8, 4) is 5.75 Å². The van der Waals surface area contributed by atoms with Crippen LogP contribution >= 0.6 is 0 Å². The number of methoxy groups -OCH3 is 1. The van der Waals surface area contributed by atoms with E-state index in [-0.39, 0.29) is 11.5 Å². The quantitative estimate of drug-likeness (QED) is 0.711. The molecule has 0 spiro atoms. The monoisotopic (exact) mass is 387 g/mol. The maximum absolute atomic E-state index is 12.6. The molecule has 0 atom stereocenters. The first-order valence-electron chi connectivity index (χ1n) is 8.57. The predicted molar refractivity (Wildman–Crippen MR) is 103 cm³/mol. The summed E-state index contributed by atoms with van der Waals surface area (Å²) in [5, 5.41) is 0. The molecule has 0 saturated carbocycles. The molecule has 2 aromatic carbocycles. The highest BCUT2D eigenvalue weighted by Crippen LogP contribution is 2.28. The van der Waals surface area contributed by atoms with E-state index in [0.717, 1.165) is 17.7 Å². The van der Waals surface area contributed by atoms with Crippen molar-refractivity contribution in [3.63, 3.8) is 0 Å². The van der Waals surface area contributed by atoms with E-state index in [0.29, 0.717) is 23.4 Å². The maximum Gasteiger partial charge on any atom is 0.242 e. The zero-order chi connectivity index (χ0) is 19.6. The second kappa shape index (κ2) is 7.52. The Bertz CT molecular complexity index is 997. The van der Waals surface area contributed by atoms with Crippen LogP contribution < -0.4 is 9.64 Å². The van der Waals surface area contributed by atoms with Crippen molar-refractivity contribution < 1.29 is 22.7 Å². The van der Waals surface area contributed by atoms with Crippen LogP contribution in [0.4, 0.5) is 5.69 Å². The molecule has 1 aliphatic heterocycles. The molecule has 7 heteroatoms. The standard InChI is InChI=1S/C20H21NO5S/c1-14(22)16-7-8-19(26-2)17(11-16)12-27(24,25)13-20(23)21-10-9-15-5-3-4-6-18(15)21/h3-8,11H,9-10,12-13H2,1-2H3. The minimum absolute atomic E-state index is 0.166. The van der Waals surface area contributed by atoms with E-state index >= 15 is 0 Å². The van der Waals surface area contributed by atoms with Crippen molar-refractivity contribution in [1.29, 1.82) is 0 Å². The van der Waals surface area contributed by atoms with Gasteiger partial charge in [-0.2, -0.15) is 0 Å². The average molecular weight is 387 g/mol. The summed E-state index contributed by atoms with van der Waals surface area (Å²) in [7, 11) is -2.30. The molecule has 0 aliphatic carbocycles. The summed E-state index contributed by atoms with van der Waals surface area (Å²) in [6.07, 6.45) is 0.719. The fourth-order valence-corrected chi connectivity index (χ4v) is 4.60. The maximum atomic E-state index is 12.6. The minimum atomic E-state index is -3.73. The topological polar surface area (TPSA) is 80.8 Å². The van der Waals surface area contributed by atoms with E-state index in [2.05, 4.69) is 0 Å². The number of anilines is 1. The number of hydrogen-bond donors (Lipinski definition) is 0. The number of para-hydroxylation sites is 1. The summed E-state index contributed by atoms with van der Waals surface area (Å²) >= 11 is 0. The molecular formula is C20H21NO5S. The number of carbonyl (C=O) groups excluding carboxylic acids is 2. The van der Waals surface area contributed by atoms with Crippen LogP contribution in [-0.4, -0.2) is 39.5 Å². The highest BCUT2D eigenvalue weighted by Gasteiger charge is 2.28. The van der Waals surface area contributed by atoms with E-state index in [1.165, 1.54) is 25.0 Å². The van der Waals surface area contributed by atoms with Crippen LogP contribution in [-0.2, 0) is 26.8 Å². The average Bonchev–Trinajstić information content (AvgIpc) is 3.05. The molecule has 0 unspecified atom stereocenters. The van der Waals surface area contributed by atoms with E-state index in [1.54, 1.807) is 12.1 Å². The molecule has 1 amide bonds. The summed E-state index contributed by atoms with van der Waals surface area (Å²) < 4.78 is 30.5. The molecule has 1 heterocycles. The lowest BCUT2D eigenvalue weighted by molar-refractivity contribution is -0.116. The molecule has 0 bridgehead atoms. The number of ketones is 1. The van der Waals surface area contributed by atoms with Gasteiger partial charge >= 0.3 is 0 Å². The Morgan fingerprint density at radius 2 is 1.89 bits per heavy atom. The summed E-state index contributed by atoms with van der Waals surface area (Å²) in [5.74, 6) is -1.18. The van der Waals surface area contributed by atoms with Gasteiger partial charge in [0.2, 0.25) is 5.91 Å². The number of amides is 1. The Morgan fingerprint density at radius 1 is 1.15 bits per heavy atom. The number of sulfone groups is 1. The van der Waals surface area contributed by atoms with Gasteiger partial charge in [-0.3, -0.25) is 9.59 Å². The van der Waals surface area contributed by atoms with Crippen LogP contribution in [0.15, 0.2) is 42.5 Å². The zero-order valence-electron chi connectivity index (χ0n) is 15.3. The summed E-state index contributed by atoms with van der Waals surface area (Å²) in [5.41, 5.74) is 2.59. The summed E-state index contributed by atoms with van der Waals surface area (Å²) in [6, 6.07) is 12.2. The van der Waals surface area contributed by atoms with Crippen LogP contribution in [0.25, 0.3) is 0 Å². The summed E-state index contributed by atoms with van der Waals surface area (Å²) in [4.78, 5) is 25.7. The van der Waals surface area contributed by atoms with Gasteiger partial charge in [-0.25, -0.2) is 8.42 Å². The molecule has 2 aromatic rings. The number of fused-ring (bicyclic) bond motifs is 1. The van der Waals surface area contributed by atoms with E-state index < -0.39 is 21.5 Å². The van der Waals surface area contributed by atoms with Gasteiger partial charge in [-0.1, -0.05) is 18.2 Å². The molecule has 6 nitrogen and oxygen atoms in total. The van der Waals surface area contributed by atoms with E-state index in [4.69, 9.17) is 4.74 Å².